The molecule has 21 heavy (non-hydrogen) atoms. The van der Waals surface area contributed by atoms with Crippen LogP contribution in [0.25, 0.3) is 0 Å². The molecule has 2 aromatic rings. The quantitative estimate of drug-likeness (QED) is 0.757. The van der Waals surface area contributed by atoms with Gasteiger partial charge in [-0.15, -0.1) is 0 Å². The average Bonchev–Trinajstić information content (AvgIpc) is 3.03. The highest BCUT2D eigenvalue weighted by Crippen LogP contribution is 2.13. The predicted molar refractivity (Wildman–Crippen MR) is 81.6 cm³/mol. The average molecular weight is 287 g/mol. The standard InChI is InChI=1S/C17H21NO3/c1-2-3-12-20-15-8-6-14(7-9-15)10-11-18-17(19)16-5-4-13-21-16/h4-9,13H,2-3,10-12H2,1H3,(H,18,19). The Morgan fingerprint density at radius 2 is 2.05 bits per heavy atom. The minimum absolute atomic E-state index is 0.181. The normalized spacial score (nSPS) is 10.3. The van der Waals surface area contributed by atoms with Crippen molar-refractivity contribution < 1.29 is 13.9 Å². The summed E-state index contributed by atoms with van der Waals surface area (Å²) < 4.78 is 10.6. The van der Waals surface area contributed by atoms with E-state index in [2.05, 4.69) is 12.2 Å². The summed E-state index contributed by atoms with van der Waals surface area (Å²) in [6.45, 7) is 3.48. The summed E-state index contributed by atoms with van der Waals surface area (Å²) in [4.78, 5) is 11.7. The van der Waals surface area contributed by atoms with E-state index in [0.717, 1.165) is 37.2 Å². The van der Waals surface area contributed by atoms with Crippen molar-refractivity contribution in [2.45, 2.75) is 26.2 Å². The van der Waals surface area contributed by atoms with Crippen LogP contribution in [0.3, 0.4) is 0 Å². The number of carbonyl (C=O) groups is 1. The number of hydrogen-bond donors (Lipinski definition) is 1. The van der Waals surface area contributed by atoms with Crippen LogP contribution in [0.2, 0.25) is 0 Å². The van der Waals surface area contributed by atoms with Gasteiger partial charge in [-0.3, -0.25) is 4.79 Å². The van der Waals surface area contributed by atoms with E-state index < -0.39 is 0 Å². The van der Waals surface area contributed by atoms with Gasteiger partial charge < -0.3 is 14.5 Å². The van der Waals surface area contributed by atoms with Crippen LogP contribution in [-0.2, 0) is 6.42 Å². The lowest BCUT2D eigenvalue weighted by Gasteiger charge is -2.07. The first-order chi connectivity index (χ1) is 10.3. The third-order valence-electron chi connectivity index (χ3n) is 3.13. The van der Waals surface area contributed by atoms with E-state index in [4.69, 9.17) is 9.15 Å². The number of unbranched alkanes of at least 4 members (excludes halogenated alkanes) is 1. The number of hydrogen-bond acceptors (Lipinski definition) is 3. The van der Waals surface area contributed by atoms with Gasteiger partial charge >= 0.3 is 0 Å². The van der Waals surface area contributed by atoms with Crippen LogP contribution < -0.4 is 10.1 Å². The van der Waals surface area contributed by atoms with Crippen LogP contribution >= 0.6 is 0 Å². The zero-order valence-corrected chi connectivity index (χ0v) is 12.3. The summed E-state index contributed by atoms with van der Waals surface area (Å²) in [6, 6.07) is 11.4. The Labute approximate surface area is 125 Å². The van der Waals surface area contributed by atoms with Crippen LogP contribution in [0, 0.1) is 0 Å². The molecule has 0 aliphatic carbocycles. The van der Waals surface area contributed by atoms with Crippen LogP contribution in [0.1, 0.15) is 35.9 Å². The van der Waals surface area contributed by atoms with Gasteiger partial charge in [0.05, 0.1) is 12.9 Å². The van der Waals surface area contributed by atoms with Gasteiger partial charge in [-0.25, -0.2) is 0 Å². The maximum Gasteiger partial charge on any atom is 0.286 e. The molecule has 0 spiro atoms. The van der Waals surface area contributed by atoms with Crippen molar-refractivity contribution in [3.8, 4) is 5.75 Å². The van der Waals surface area contributed by atoms with E-state index in [1.165, 1.54) is 6.26 Å². The zero-order valence-electron chi connectivity index (χ0n) is 12.3. The van der Waals surface area contributed by atoms with Gasteiger partial charge in [0.2, 0.25) is 0 Å². The molecule has 0 aliphatic rings. The van der Waals surface area contributed by atoms with E-state index in [9.17, 15) is 4.79 Å². The van der Waals surface area contributed by atoms with Crippen molar-refractivity contribution in [2.75, 3.05) is 13.2 Å². The van der Waals surface area contributed by atoms with Crippen LogP contribution in [0.4, 0.5) is 0 Å². The molecule has 0 saturated heterocycles. The van der Waals surface area contributed by atoms with E-state index >= 15 is 0 Å². The van der Waals surface area contributed by atoms with Gasteiger partial charge in [-0.05, 0) is 42.7 Å². The minimum atomic E-state index is -0.181. The van der Waals surface area contributed by atoms with Gasteiger partial charge in [0.25, 0.3) is 5.91 Å². The number of amides is 1. The third-order valence-corrected chi connectivity index (χ3v) is 3.13. The van der Waals surface area contributed by atoms with Crippen molar-refractivity contribution in [3.05, 3.63) is 54.0 Å². The van der Waals surface area contributed by atoms with E-state index in [0.29, 0.717) is 12.3 Å². The van der Waals surface area contributed by atoms with Crippen molar-refractivity contribution in [1.82, 2.24) is 5.32 Å². The second-order valence-electron chi connectivity index (χ2n) is 4.83. The SMILES string of the molecule is CCCCOc1ccc(CCNC(=O)c2ccco2)cc1. The monoisotopic (exact) mass is 287 g/mol. The molecule has 1 N–H and O–H groups in total. The van der Waals surface area contributed by atoms with Crippen molar-refractivity contribution >= 4 is 5.91 Å². The Hall–Kier alpha value is -2.23. The molecule has 4 heteroatoms. The zero-order chi connectivity index (χ0) is 14.9. The van der Waals surface area contributed by atoms with Crippen LogP contribution in [0.15, 0.2) is 47.1 Å². The summed E-state index contributed by atoms with van der Waals surface area (Å²) in [5.41, 5.74) is 1.16. The highest BCUT2D eigenvalue weighted by molar-refractivity contribution is 5.91. The Balaban J connectivity index is 1.72. The molecule has 112 valence electrons. The van der Waals surface area contributed by atoms with Gasteiger partial charge in [0.1, 0.15) is 5.75 Å². The largest absolute Gasteiger partial charge is 0.494 e. The Kier molecular flexibility index (Phi) is 5.88. The lowest BCUT2D eigenvalue weighted by atomic mass is 10.1. The Morgan fingerprint density at radius 1 is 1.24 bits per heavy atom. The van der Waals surface area contributed by atoms with Gasteiger partial charge in [0, 0.05) is 6.54 Å². The lowest BCUT2D eigenvalue weighted by Crippen LogP contribution is -2.25. The van der Waals surface area contributed by atoms with E-state index in [1.807, 2.05) is 24.3 Å². The molecule has 1 heterocycles. The van der Waals surface area contributed by atoms with E-state index in [-0.39, 0.29) is 5.91 Å². The predicted octanol–water partition coefficient (Wildman–Crippen LogP) is 3.43. The topological polar surface area (TPSA) is 51.5 Å². The molecule has 0 fully saturated rings. The molecular weight excluding hydrogens is 266 g/mol. The lowest BCUT2D eigenvalue weighted by molar-refractivity contribution is 0.0926. The number of benzene rings is 1. The molecule has 2 rings (SSSR count). The highest BCUT2D eigenvalue weighted by Gasteiger charge is 2.06. The first kappa shape index (κ1) is 15.2. The summed E-state index contributed by atoms with van der Waals surface area (Å²) in [5, 5.41) is 2.83. The Morgan fingerprint density at radius 3 is 2.71 bits per heavy atom. The van der Waals surface area contributed by atoms with Crippen LogP contribution in [-0.4, -0.2) is 19.1 Å². The van der Waals surface area contributed by atoms with Gasteiger partial charge in [-0.2, -0.15) is 0 Å². The fraction of sp³-hybridized carbons (Fsp3) is 0.353. The molecule has 0 unspecified atom stereocenters. The van der Waals surface area contributed by atoms with Crippen molar-refractivity contribution in [1.29, 1.82) is 0 Å². The first-order valence-corrected chi connectivity index (χ1v) is 7.33. The molecule has 0 radical (unpaired) electrons. The smallest absolute Gasteiger partial charge is 0.286 e. The molecular formula is C17H21NO3. The third kappa shape index (κ3) is 4.99. The second-order valence-corrected chi connectivity index (χ2v) is 4.83. The van der Waals surface area contributed by atoms with Crippen molar-refractivity contribution in [3.63, 3.8) is 0 Å². The molecule has 4 nitrogen and oxygen atoms in total. The van der Waals surface area contributed by atoms with Crippen LogP contribution in [0.5, 0.6) is 5.75 Å². The molecule has 1 amide bonds. The fourth-order valence-electron chi connectivity index (χ4n) is 1.90. The minimum Gasteiger partial charge on any atom is -0.494 e. The molecule has 0 atom stereocenters. The molecule has 1 aromatic heterocycles. The van der Waals surface area contributed by atoms with E-state index in [1.54, 1.807) is 12.1 Å². The van der Waals surface area contributed by atoms with Gasteiger partial charge in [-0.1, -0.05) is 25.5 Å². The molecule has 0 saturated carbocycles. The molecule has 1 aromatic carbocycles. The van der Waals surface area contributed by atoms with Gasteiger partial charge in [0.15, 0.2) is 5.76 Å². The molecule has 0 aliphatic heterocycles. The highest BCUT2D eigenvalue weighted by atomic mass is 16.5. The summed E-state index contributed by atoms with van der Waals surface area (Å²) in [5.74, 6) is 1.06. The number of rotatable bonds is 8. The maximum absolute atomic E-state index is 11.7. The number of ether oxygens (including phenoxy) is 1. The number of nitrogens with one attached hydrogen (secondary N) is 1. The number of furan rings is 1. The maximum atomic E-state index is 11.7. The van der Waals surface area contributed by atoms with Crippen molar-refractivity contribution in [2.24, 2.45) is 0 Å². The molecule has 0 bridgehead atoms. The number of carbonyl (C=O) groups excluding carboxylic acids is 1. The summed E-state index contributed by atoms with van der Waals surface area (Å²) >= 11 is 0. The first-order valence-electron chi connectivity index (χ1n) is 7.33. The Bertz CT molecular complexity index is 532. The summed E-state index contributed by atoms with van der Waals surface area (Å²) in [6.07, 6.45) is 4.47. The fourth-order valence-corrected chi connectivity index (χ4v) is 1.90. The second kappa shape index (κ2) is 8.15. The summed E-state index contributed by atoms with van der Waals surface area (Å²) in [7, 11) is 0.